The van der Waals surface area contributed by atoms with Crippen LogP contribution in [0.2, 0.25) is 0 Å². The summed E-state index contributed by atoms with van der Waals surface area (Å²) >= 11 is 0. The molecule has 0 radical (unpaired) electrons. The lowest BCUT2D eigenvalue weighted by Gasteiger charge is -2.38. The van der Waals surface area contributed by atoms with E-state index in [0.29, 0.717) is 18.7 Å². The lowest BCUT2D eigenvalue weighted by Crippen LogP contribution is -2.51. The molecule has 0 saturated carbocycles. The lowest BCUT2D eigenvalue weighted by molar-refractivity contribution is 0.0362. The summed E-state index contributed by atoms with van der Waals surface area (Å²) in [5, 5.41) is 8.92. The van der Waals surface area contributed by atoms with Crippen molar-refractivity contribution in [3.8, 4) is 0 Å². The molecule has 0 spiro atoms. The van der Waals surface area contributed by atoms with Crippen molar-refractivity contribution in [3.63, 3.8) is 0 Å². The van der Waals surface area contributed by atoms with Crippen molar-refractivity contribution in [1.29, 1.82) is 0 Å². The zero-order valence-electron chi connectivity index (χ0n) is 11.5. The van der Waals surface area contributed by atoms with Crippen molar-refractivity contribution in [2.24, 2.45) is 5.92 Å². The molecule has 1 amide bonds. The number of sulfonamides is 1. The van der Waals surface area contributed by atoms with Crippen LogP contribution in [-0.4, -0.2) is 62.4 Å². The van der Waals surface area contributed by atoms with Gasteiger partial charge in [-0.2, -0.15) is 0 Å². The van der Waals surface area contributed by atoms with E-state index in [1.54, 1.807) is 4.90 Å². The second kappa shape index (κ2) is 5.51. The third-order valence-electron chi connectivity index (χ3n) is 3.38. The second-order valence-corrected chi connectivity index (χ2v) is 7.22. The van der Waals surface area contributed by atoms with Crippen LogP contribution >= 0.6 is 0 Å². The van der Waals surface area contributed by atoms with Crippen molar-refractivity contribution in [2.45, 2.75) is 4.90 Å². The third kappa shape index (κ3) is 2.70. The van der Waals surface area contributed by atoms with Gasteiger partial charge in [-0.1, -0.05) is 0 Å². The molecule has 1 N–H and O–H groups in total. The number of nitrogens with zero attached hydrogens (tertiary/aromatic N) is 2. The topological polar surface area (TPSA) is 77.9 Å². The van der Waals surface area contributed by atoms with Gasteiger partial charge in [-0.05, 0) is 24.3 Å². The number of carbonyl (C=O) groups is 1. The van der Waals surface area contributed by atoms with E-state index < -0.39 is 10.0 Å². The Morgan fingerprint density at radius 2 is 1.85 bits per heavy atom. The Kier molecular flexibility index (Phi) is 4.12. The molecule has 0 aliphatic carbocycles. The van der Waals surface area contributed by atoms with E-state index in [9.17, 15) is 13.2 Å². The average molecular weight is 298 g/mol. The van der Waals surface area contributed by atoms with E-state index >= 15 is 0 Å². The second-order valence-electron chi connectivity index (χ2n) is 5.07. The van der Waals surface area contributed by atoms with E-state index in [1.807, 2.05) is 0 Å². The van der Waals surface area contributed by atoms with Crippen LogP contribution in [0.5, 0.6) is 0 Å². The Bertz CT molecular complexity index is 589. The number of aliphatic hydroxyl groups excluding tert-OH is 1. The predicted octanol–water partition coefficient (Wildman–Crippen LogP) is 0.00120. The first-order valence-electron chi connectivity index (χ1n) is 6.29. The van der Waals surface area contributed by atoms with E-state index in [2.05, 4.69) is 0 Å². The summed E-state index contributed by atoms with van der Waals surface area (Å²) < 4.78 is 24.9. The number of aliphatic hydroxyl groups is 1. The maximum absolute atomic E-state index is 12.1. The van der Waals surface area contributed by atoms with Crippen LogP contribution in [0.1, 0.15) is 10.4 Å². The minimum absolute atomic E-state index is 0.0871. The van der Waals surface area contributed by atoms with Crippen LogP contribution in [0.3, 0.4) is 0 Å². The maximum Gasteiger partial charge on any atom is 0.253 e. The van der Waals surface area contributed by atoms with Gasteiger partial charge in [0.1, 0.15) is 0 Å². The highest BCUT2D eigenvalue weighted by Crippen LogP contribution is 2.20. The van der Waals surface area contributed by atoms with E-state index in [4.69, 9.17) is 5.11 Å². The highest BCUT2D eigenvalue weighted by atomic mass is 32.2. The standard InChI is InChI=1S/C13H18N2O4S/c1-14(2)20(18,19)12-5-3-11(4-6-12)13(17)15-7-10(8-15)9-16/h3-6,10,16H,7-9H2,1-2H3. The van der Waals surface area contributed by atoms with Gasteiger partial charge < -0.3 is 10.0 Å². The summed E-state index contributed by atoms with van der Waals surface area (Å²) in [6, 6.07) is 5.91. The molecular weight excluding hydrogens is 280 g/mol. The summed E-state index contributed by atoms with van der Waals surface area (Å²) in [6.45, 7) is 1.18. The van der Waals surface area contributed by atoms with Crippen molar-refractivity contribution in [1.82, 2.24) is 9.21 Å². The molecule has 1 heterocycles. The van der Waals surface area contributed by atoms with Gasteiger partial charge in [-0.3, -0.25) is 4.79 Å². The fraction of sp³-hybridized carbons (Fsp3) is 0.462. The normalized spacial score (nSPS) is 16.3. The summed E-state index contributed by atoms with van der Waals surface area (Å²) in [7, 11) is -0.545. The average Bonchev–Trinajstić information content (AvgIpc) is 2.37. The van der Waals surface area contributed by atoms with Crippen LogP contribution in [0.15, 0.2) is 29.2 Å². The predicted molar refractivity (Wildman–Crippen MR) is 73.8 cm³/mol. The van der Waals surface area contributed by atoms with Crippen molar-refractivity contribution in [3.05, 3.63) is 29.8 Å². The van der Waals surface area contributed by atoms with Crippen LogP contribution in [0.4, 0.5) is 0 Å². The molecule has 110 valence electrons. The summed E-state index contributed by atoms with van der Waals surface area (Å²) in [5.74, 6) is 0.0239. The molecule has 20 heavy (non-hydrogen) atoms. The van der Waals surface area contributed by atoms with Crippen LogP contribution in [0, 0.1) is 5.92 Å². The first-order valence-corrected chi connectivity index (χ1v) is 7.73. The Hall–Kier alpha value is -1.44. The number of carbonyl (C=O) groups excluding carboxylic acids is 1. The number of hydrogen-bond donors (Lipinski definition) is 1. The SMILES string of the molecule is CN(C)S(=O)(=O)c1ccc(C(=O)N2CC(CO)C2)cc1. The van der Waals surface area contributed by atoms with E-state index in [0.717, 1.165) is 4.31 Å². The first kappa shape index (κ1) is 15.0. The molecule has 1 saturated heterocycles. The Morgan fingerprint density at radius 3 is 2.30 bits per heavy atom. The zero-order chi connectivity index (χ0) is 14.9. The lowest BCUT2D eigenvalue weighted by atomic mass is 10.00. The number of hydrogen-bond acceptors (Lipinski definition) is 4. The molecule has 2 rings (SSSR count). The Labute approximate surface area is 118 Å². The molecule has 1 aromatic carbocycles. The van der Waals surface area contributed by atoms with E-state index in [-0.39, 0.29) is 23.3 Å². The molecule has 0 aromatic heterocycles. The minimum Gasteiger partial charge on any atom is -0.396 e. The minimum atomic E-state index is -3.47. The van der Waals surface area contributed by atoms with Crippen LogP contribution in [-0.2, 0) is 10.0 Å². The van der Waals surface area contributed by atoms with E-state index in [1.165, 1.54) is 38.4 Å². The Balaban J connectivity index is 2.11. The summed E-state index contributed by atoms with van der Waals surface area (Å²) in [4.78, 5) is 13.9. The van der Waals surface area contributed by atoms with Gasteiger partial charge in [-0.15, -0.1) is 0 Å². The zero-order valence-corrected chi connectivity index (χ0v) is 12.3. The molecule has 1 fully saturated rings. The van der Waals surface area contributed by atoms with Crippen molar-refractivity contribution in [2.75, 3.05) is 33.8 Å². The molecular formula is C13H18N2O4S. The van der Waals surface area contributed by atoms with Crippen molar-refractivity contribution < 1.29 is 18.3 Å². The number of benzene rings is 1. The third-order valence-corrected chi connectivity index (χ3v) is 5.21. The maximum atomic E-state index is 12.1. The Morgan fingerprint density at radius 1 is 1.30 bits per heavy atom. The molecule has 1 aliphatic heterocycles. The number of rotatable bonds is 4. The van der Waals surface area contributed by atoms with Gasteiger partial charge in [0.2, 0.25) is 10.0 Å². The molecule has 0 bridgehead atoms. The van der Waals surface area contributed by atoms with Gasteiger partial charge >= 0.3 is 0 Å². The first-order chi connectivity index (χ1) is 9.36. The molecule has 1 aliphatic rings. The van der Waals surface area contributed by atoms with Gasteiger partial charge in [0.05, 0.1) is 4.90 Å². The van der Waals surface area contributed by atoms with Gasteiger partial charge in [0, 0.05) is 45.3 Å². The number of amides is 1. The summed E-state index contributed by atoms with van der Waals surface area (Å²) in [6.07, 6.45) is 0. The van der Waals surface area contributed by atoms with Gasteiger partial charge in [0.15, 0.2) is 0 Å². The fourth-order valence-electron chi connectivity index (χ4n) is 2.01. The monoisotopic (exact) mass is 298 g/mol. The van der Waals surface area contributed by atoms with Gasteiger partial charge in [0.25, 0.3) is 5.91 Å². The number of likely N-dealkylation sites (tertiary alicyclic amines) is 1. The molecule has 6 nitrogen and oxygen atoms in total. The highest BCUT2D eigenvalue weighted by Gasteiger charge is 2.30. The summed E-state index contributed by atoms with van der Waals surface area (Å²) in [5.41, 5.74) is 0.457. The molecule has 0 atom stereocenters. The smallest absolute Gasteiger partial charge is 0.253 e. The highest BCUT2D eigenvalue weighted by molar-refractivity contribution is 7.89. The fourth-order valence-corrected chi connectivity index (χ4v) is 2.92. The molecule has 1 aromatic rings. The molecule has 0 unspecified atom stereocenters. The van der Waals surface area contributed by atoms with Crippen LogP contribution < -0.4 is 0 Å². The van der Waals surface area contributed by atoms with Gasteiger partial charge in [-0.25, -0.2) is 12.7 Å². The quantitative estimate of drug-likeness (QED) is 0.849. The van der Waals surface area contributed by atoms with Crippen molar-refractivity contribution >= 4 is 15.9 Å². The molecule has 7 heteroatoms. The van der Waals surface area contributed by atoms with Crippen LogP contribution in [0.25, 0.3) is 0 Å². The largest absolute Gasteiger partial charge is 0.396 e.